The summed E-state index contributed by atoms with van der Waals surface area (Å²) in [5, 5.41) is 1.55. The van der Waals surface area contributed by atoms with E-state index in [1.807, 2.05) is 36.4 Å². The van der Waals surface area contributed by atoms with Gasteiger partial charge in [-0.3, -0.25) is 0 Å². The Morgan fingerprint density at radius 2 is 1.77 bits per heavy atom. The molecule has 110 valence electrons. The van der Waals surface area contributed by atoms with Gasteiger partial charge < -0.3 is 0 Å². The monoisotopic (exact) mass is 393 g/mol. The maximum absolute atomic E-state index is 13.0. The van der Waals surface area contributed by atoms with Crippen molar-refractivity contribution in [2.24, 2.45) is 0 Å². The molecule has 0 bridgehead atoms. The zero-order valence-corrected chi connectivity index (χ0v) is 14.4. The van der Waals surface area contributed by atoms with Crippen LogP contribution in [0.25, 0.3) is 23.4 Å². The molecule has 0 saturated carbocycles. The fourth-order valence-corrected chi connectivity index (χ4v) is 3.68. The van der Waals surface area contributed by atoms with Gasteiger partial charge in [0, 0.05) is 10.6 Å². The number of halogens is 3. The van der Waals surface area contributed by atoms with E-state index < -0.39 is 0 Å². The topological polar surface area (TPSA) is 12.9 Å². The van der Waals surface area contributed by atoms with Crippen LogP contribution in [0.5, 0.6) is 0 Å². The molecule has 1 aromatic heterocycles. The molecule has 3 aromatic rings. The SMILES string of the molecule is Fc1ccc(-c2nc(C=Cc3ccccc3Cl)sc2Br)cc1. The highest BCUT2D eigenvalue weighted by Crippen LogP contribution is 2.34. The molecule has 0 fully saturated rings. The molecule has 5 heteroatoms. The molecule has 0 atom stereocenters. The third-order valence-electron chi connectivity index (χ3n) is 3.03. The fourth-order valence-electron chi connectivity index (χ4n) is 1.95. The molecule has 0 aliphatic rings. The van der Waals surface area contributed by atoms with Crippen LogP contribution in [0, 0.1) is 5.82 Å². The second-order valence-electron chi connectivity index (χ2n) is 4.54. The summed E-state index contributed by atoms with van der Waals surface area (Å²) in [4.78, 5) is 4.57. The third-order valence-corrected chi connectivity index (χ3v) is 5.05. The molecule has 1 heterocycles. The predicted octanol–water partition coefficient (Wildman–Crippen LogP) is 6.54. The summed E-state index contributed by atoms with van der Waals surface area (Å²) in [6.07, 6.45) is 3.85. The number of thiazole rings is 1. The van der Waals surface area contributed by atoms with E-state index in [0.29, 0.717) is 5.02 Å². The number of benzene rings is 2. The van der Waals surface area contributed by atoms with Crippen molar-refractivity contribution in [2.75, 3.05) is 0 Å². The Morgan fingerprint density at radius 3 is 2.50 bits per heavy atom. The molecule has 0 aliphatic heterocycles. The van der Waals surface area contributed by atoms with Crippen molar-refractivity contribution in [3.8, 4) is 11.3 Å². The van der Waals surface area contributed by atoms with Crippen molar-refractivity contribution >= 4 is 51.0 Å². The number of hydrogen-bond donors (Lipinski definition) is 0. The minimum absolute atomic E-state index is 0.256. The normalized spacial score (nSPS) is 11.2. The van der Waals surface area contributed by atoms with Gasteiger partial charge in [-0.1, -0.05) is 35.9 Å². The zero-order chi connectivity index (χ0) is 15.5. The Labute approximate surface area is 145 Å². The van der Waals surface area contributed by atoms with Crippen LogP contribution in [0.3, 0.4) is 0 Å². The van der Waals surface area contributed by atoms with E-state index in [0.717, 1.165) is 25.6 Å². The van der Waals surface area contributed by atoms with Crippen LogP contribution in [-0.2, 0) is 0 Å². The molecule has 0 saturated heterocycles. The maximum Gasteiger partial charge on any atom is 0.123 e. The summed E-state index contributed by atoms with van der Waals surface area (Å²) in [7, 11) is 0. The van der Waals surface area contributed by atoms with Crippen LogP contribution in [0.1, 0.15) is 10.6 Å². The van der Waals surface area contributed by atoms with E-state index in [1.54, 1.807) is 12.1 Å². The molecule has 22 heavy (non-hydrogen) atoms. The third kappa shape index (κ3) is 3.46. The van der Waals surface area contributed by atoms with Gasteiger partial charge in [-0.15, -0.1) is 11.3 Å². The summed E-state index contributed by atoms with van der Waals surface area (Å²) in [6.45, 7) is 0. The Hall–Kier alpha value is -1.49. The number of aromatic nitrogens is 1. The summed E-state index contributed by atoms with van der Waals surface area (Å²) < 4.78 is 13.9. The Morgan fingerprint density at radius 1 is 1.05 bits per heavy atom. The van der Waals surface area contributed by atoms with Gasteiger partial charge in [-0.05, 0) is 57.9 Å². The van der Waals surface area contributed by atoms with E-state index in [4.69, 9.17) is 11.6 Å². The van der Waals surface area contributed by atoms with Crippen molar-refractivity contribution in [3.05, 3.63) is 73.7 Å². The molecule has 0 amide bonds. The lowest BCUT2D eigenvalue weighted by Gasteiger charge is -1.97. The van der Waals surface area contributed by atoms with Crippen LogP contribution in [0.4, 0.5) is 4.39 Å². The molecule has 0 unspecified atom stereocenters. The minimum Gasteiger partial charge on any atom is -0.235 e. The Balaban J connectivity index is 1.89. The van der Waals surface area contributed by atoms with Crippen molar-refractivity contribution < 1.29 is 4.39 Å². The zero-order valence-electron chi connectivity index (χ0n) is 11.3. The van der Waals surface area contributed by atoms with Crippen LogP contribution in [0.2, 0.25) is 5.02 Å². The summed E-state index contributed by atoms with van der Waals surface area (Å²) >= 11 is 11.2. The average Bonchev–Trinajstić information content (AvgIpc) is 2.88. The lowest BCUT2D eigenvalue weighted by atomic mass is 10.2. The molecule has 1 nitrogen and oxygen atoms in total. The van der Waals surface area contributed by atoms with Gasteiger partial charge in [0.05, 0.1) is 9.48 Å². The lowest BCUT2D eigenvalue weighted by Crippen LogP contribution is -1.80. The maximum atomic E-state index is 13.0. The quantitative estimate of drug-likeness (QED) is 0.492. The van der Waals surface area contributed by atoms with E-state index in [9.17, 15) is 4.39 Å². The summed E-state index contributed by atoms with van der Waals surface area (Å²) in [6, 6.07) is 13.9. The van der Waals surface area contributed by atoms with Crippen molar-refractivity contribution in [1.82, 2.24) is 4.98 Å². The molecule has 0 N–H and O–H groups in total. The molecule has 3 rings (SSSR count). The molecule has 0 aliphatic carbocycles. The first-order chi connectivity index (χ1) is 10.6. The first kappa shape index (κ1) is 15.4. The van der Waals surface area contributed by atoms with Crippen molar-refractivity contribution in [3.63, 3.8) is 0 Å². The van der Waals surface area contributed by atoms with E-state index in [2.05, 4.69) is 20.9 Å². The first-order valence-electron chi connectivity index (χ1n) is 6.48. The van der Waals surface area contributed by atoms with Crippen LogP contribution < -0.4 is 0 Å². The Kier molecular flexibility index (Phi) is 4.71. The van der Waals surface area contributed by atoms with Crippen LogP contribution >= 0.6 is 38.9 Å². The molecular weight excluding hydrogens is 385 g/mol. The standard InChI is InChI=1S/C17H10BrClFNS/c18-17-16(12-5-8-13(20)9-6-12)21-15(22-17)10-7-11-3-1-2-4-14(11)19/h1-10H. The first-order valence-corrected chi connectivity index (χ1v) is 8.47. The van der Waals surface area contributed by atoms with Gasteiger partial charge in [0.25, 0.3) is 0 Å². The van der Waals surface area contributed by atoms with E-state index >= 15 is 0 Å². The van der Waals surface area contributed by atoms with E-state index in [1.165, 1.54) is 23.5 Å². The second kappa shape index (κ2) is 6.73. The molecule has 2 aromatic carbocycles. The minimum atomic E-state index is -0.256. The van der Waals surface area contributed by atoms with Gasteiger partial charge in [-0.2, -0.15) is 0 Å². The summed E-state index contributed by atoms with van der Waals surface area (Å²) in [5.41, 5.74) is 2.63. The average molecular weight is 395 g/mol. The van der Waals surface area contributed by atoms with Crippen molar-refractivity contribution in [1.29, 1.82) is 0 Å². The summed E-state index contributed by atoms with van der Waals surface area (Å²) in [5.74, 6) is -0.256. The van der Waals surface area contributed by atoms with Gasteiger partial charge >= 0.3 is 0 Å². The number of hydrogen-bond acceptors (Lipinski definition) is 2. The largest absolute Gasteiger partial charge is 0.235 e. The molecule has 0 radical (unpaired) electrons. The predicted molar refractivity (Wildman–Crippen MR) is 95.6 cm³/mol. The number of rotatable bonds is 3. The molecular formula is C17H10BrClFNS. The highest BCUT2D eigenvalue weighted by Gasteiger charge is 2.09. The van der Waals surface area contributed by atoms with Gasteiger partial charge in [0.2, 0.25) is 0 Å². The second-order valence-corrected chi connectivity index (χ2v) is 7.29. The van der Waals surface area contributed by atoms with Gasteiger partial charge in [0.1, 0.15) is 10.8 Å². The van der Waals surface area contributed by atoms with Crippen LogP contribution in [-0.4, -0.2) is 4.98 Å². The fraction of sp³-hybridized carbons (Fsp3) is 0. The van der Waals surface area contributed by atoms with Gasteiger partial charge in [-0.25, -0.2) is 9.37 Å². The van der Waals surface area contributed by atoms with Crippen LogP contribution in [0.15, 0.2) is 52.3 Å². The smallest absolute Gasteiger partial charge is 0.123 e. The van der Waals surface area contributed by atoms with E-state index in [-0.39, 0.29) is 5.82 Å². The lowest BCUT2D eigenvalue weighted by molar-refractivity contribution is 0.628. The highest BCUT2D eigenvalue weighted by molar-refractivity contribution is 9.11. The molecule has 0 spiro atoms. The highest BCUT2D eigenvalue weighted by atomic mass is 79.9. The number of nitrogens with zero attached hydrogens (tertiary/aromatic N) is 1. The Bertz CT molecular complexity index is 827. The van der Waals surface area contributed by atoms with Gasteiger partial charge in [0.15, 0.2) is 0 Å². The van der Waals surface area contributed by atoms with Crippen molar-refractivity contribution in [2.45, 2.75) is 0 Å².